The summed E-state index contributed by atoms with van der Waals surface area (Å²) >= 11 is 4.92. The zero-order valence-corrected chi connectivity index (χ0v) is 12.2. The quantitative estimate of drug-likeness (QED) is 0.840. The number of anilines is 1. The molecule has 0 saturated heterocycles. The van der Waals surface area contributed by atoms with Gasteiger partial charge in [-0.2, -0.15) is 13.2 Å². The molecule has 114 valence electrons. The smallest absolute Gasteiger partial charge is 0.392 e. The van der Waals surface area contributed by atoms with E-state index in [-0.39, 0.29) is 16.2 Å². The van der Waals surface area contributed by atoms with Crippen molar-refractivity contribution in [2.75, 3.05) is 5.32 Å². The maximum atomic E-state index is 12.9. The molecule has 7 heteroatoms. The highest BCUT2D eigenvalue weighted by atomic mass is 32.1. The number of hydrogen-bond acceptors (Lipinski definition) is 2. The molecule has 0 atom stereocenters. The average molecular weight is 316 g/mol. The van der Waals surface area contributed by atoms with Crippen molar-refractivity contribution in [3.05, 3.63) is 29.3 Å². The van der Waals surface area contributed by atoms with E-state index < -0.39 is 23.1 Å². The second kappa shape index (κ2) is 5.29. The molecule has 0 spiro atoms. The molecule has 1 amide bonds. The SMILES string of the molecule is Cc1ccc(NC(=O)C2(C(N)=S)CCC2)cc1C(F)(F)F. The number of rotatable bonds is 3. The lowest BCUT2D eigenvalue weighted by Gasteiger charge is -2.39. The zero-order valence-electron chi connectivity index (χ0n) is 11.4. The Bertz CT molecular complexity index is 594. The summed E-state index contributed by atoms with van der Waals surface area (Å²) in [5.74, 6) is -0.432. The van der Waals surface area contributed by atoms with E-state index in [1.165, 1.54) is 19.1 Å². The molecule has 21 heavy (non-hydrogen) atoms. The van der Waals surface area contributed by atoms with E-state index in [4.69, 9.17) is 18.0 Å². The van der Waals surface area contributed by atoms with Gasteiger partial charge in [-0.25, -0.2) is 0 Å². The monoisotopic (exact) mass is 316 g/mol. The molecule has 1 aliphatic carbocycles. The highest BCUT2D eigenvalue weighted by Crippen LogP contribution is 2.42. The van der Waals surface area contributed by atoms with E-state index in [0.29, 0.717) is 12.8 Å². The maximum absolute atomic E-state index is 12.9. The molecule has 0 heterocycles. The molecule has 0 unspecified atom stereocenters. The van der Waals surface area contributed by atoms with Gasteiger partial charge in [0.1, 0.15) is 0 Å². The number of amides is 1. The maximum Gasteiger partial charge on any atom is 0.416 e. The molecular weight excluding hydrogens is 301 g/mol. The van der Waals surface area contributed by atoms with Gasteiger partial charge in [-0.3, -0.25) is 4.79 Å². The first kappa shape index (κ1) is 15.8. The lowest BCUT2D eigenvalue weighted by molar-refractivity contribution is -0.138. The first-order valence-electron chi connectivity index (χ1n) is 6.46. The number of nitrogens with two attached hydrogens (primary N) is 1. The van der Waals surface area contributed by atoms with Crippen LogP contribution in [0.3, 0.4) is 0 Å². The molecule has 0 aliphatic heterocycles. The highest BCUT2D eigenvalue weighted by molar-refractivity contribution is 7.80. The molecule has 3 nitrogen and oxygen atoms in total. The van der Waals surface area contributed by atoms with Gasteiger partial charge in [0.15, 0.2) is 0 Å². The molecular formula is C14H15F3N2OS. The number of carbonyl (C=O) groups is 1. The zero-order chi connectivity index (χ0) is 15.8. The summed E-state index contributed by atoms with van der Waals surface area (Å²) in [5, 5.41) is 2.50. The van der Waals surface area contributed by atoms with Gasteiger partial charge >= 0.3 is 6.18 Å². The predicted molar refractivity (Wildman–Crippen MR) is 77.9 cm³/mol. The van der Waals surface area contributed by atoms with Gasteiger partial charge in [-0.05, 0) is 37.5 Å². The molecule has 0 bridgehead atoms. The van der Waals surface area contributed by atoms with Crippen molar-refractivity contribution in [3.63, 3.8) is 0 Å². The second-order valence-electron chi connectivity index (χ2n) is 5.28. The fourth-order valence-corrected chi connectivity index (χ4v) is 2.67. The van der Waals surface area contributed by atoms with Crippen LogP contribution in [-0.4, -0.2) is 10.9 Å². The Labute approximate surface area is 125 Å². The molecule has 3 N–H and O–H groups in total. The summed E-state index contributed by atoms with van der Waals surface area (Å²) in [6, 6.07) is 3.69. The van der Waals surface area contributed by atoms with E-state index in [9.17, 15) is 18.0 Å². The molecule has 1 aromatic carbocycles. The van der Waals surface area contributed by atoms with Crippen molar-refractivity contribution in [2.24, 2.45) is 11.1 Å². The number of hydrogen-bond donors (Lipinski definition) is 2. The number of halogens is 3. The minimum Gasteiger partial charge on any atom is -0.392 e. The topological polar surface area (TPSA) is 55.1 Å². The third-order valence-electron chi connectivity index (χ3n) is 3.91. The minimum atomic E-state index is -4.46. The Kier molecular flexibility index (Phi) is 3.97. The molecule has 1 saturated carbocycles. The predicted octanol–water partition coefficient (Wildman–Crippen LogP) is 3.41. The third-order valence-corrected chi connectivity index (χ3v) is 4.30. The van der Waals surface area contributed by atoms with Crippen LogP contribution in [-0.2, 0) is 11.0 Å². The van der Waals surface area contributed by atoms with Gasteiger partial charge in [0.2, 0.25) is 5.91 Å². The van der Waals surface area contributed by atoms with Gasteiger partial charge in [-0.1, -0.05) is 24.7 Å². The van der Waals surface area contributed by atoms with Crippen molar-refractivity contribution in [1.82, 2.24) is 0 Å². The molecule has 0 radical (unpaired) electrons. The average Bonchev–Trinajstić information content (AvgIpc) is 2.28. The van der Waals surface area contributed by atoms with Crippen LogP contribution in [0.15, 0.2) is 18.2 Å². The number of alkyl halides is 3. The number of nitrogens with one attached hydrogen (secondary N) is 1. The molecule has 1 aliphatic rings. The third kappa shape index (κ3) is 2.88. The van der Waals surface area contributed by atoms with E-state index in [1.54, 1.807) is 0 Å². The molecule has 2 rings (SSSR count). The lowest BCUT2D eigenvalue weighted by atomic mass is 9.68. The number of benzene rings is 1. The number of thiocarbonyl (C=S) groups is 1. The van der Waals surface area contributed by atoms with Crippen LogP contribution in [0.5, 0.6) is 0 Å². The van der Waals surface area contributed by atoms with Gasteiger partial charge in [-0.15, -0.1) is 0 Å². The second-order valence-corrected chi connectivity index (χ2v) is 5.72. The van der Waals surface area contributed by atoms with Gasteiger partial charge in [0.05, 0.1) is 16.0 Å². The Morgan fingerprint density at radius 2 is 2.00 bits per heavy atom. The number of carbonyl (C=O) groups excluding carboxylic acids is 1. The lowest BCUT2D eigenvalue weighted by Crippen LogP contribution is -2.50. The first-order chi connectivity index (χ1) is 9.67. The van der Waals surface area contributed by atoms with Gasteiger partial charge in [0.25, 0.3) is 0 Å². The number of aryl methyl sites for hydroxylation is 1. The summed E-state index contributed by atoms with van der Waals surface area (Å²) < 4.78 is 38.6. The summed E-state index contributed by atoms with van der Waals surface area (Å²) in [7, 11) is 0. The molecule has 1 aromatic rings. The van der Waals surface area contributed by atoms with Crippen LogP contribution >= 0.6 is 12.2 Å². The van der Waals surface area contributed by atoms with Crippen molar-refractivity contribution in [1.29, 1.82) is 0 Å². The fourth-order valence-electron chi connectivity index (χ4n) is 2.37. The normalized spacial score (nSPS) is 17.0. The molecule has 0 aromatic heterocycles. The van der Waals surface area contributed by atoms with Crippen LogP contribution in [0.1, 0.15) is 30.4 Å². The minimum absolute atomic E-state index is 0.0920. The Balaban J connectivity index is 2.25. The summed E-state index contributed by atoms with van der Waals surface area (Å²) in [6.07, 6.45) is -2.56. The summed E-state index contributed by atoms with van der Waals surface area (Å²) in [4.78, 5) is 12.3. The van der Waals surface area contributed by atoms with Crippen molar-refractivity contribution in [3.8, 4) is 0 Å². The van der Waals surface area contributed by atoms with Crippen LogP contribution < -0.4 is 11.1 Å². The van der Waals surface area contributed by atoms with Crippen LogP contribution in [0, 0.1) is 12.3 Å². The van der Waals surface area contributed by atoms with Gasteiger partial charge in [0, 0.05) is 5.69 Å². The Morgan fingerprint density at radius 1 is 1.38 bits per heavy atom. The van der Waals surface area contributed by atoms with E-state index >= 15 is 0 Å². The first-order valence-corrected chi connectivity index (χ1v) is 6.87. The molecule has 1 fully saturated rings. The van der Waals surface area contributed by atoms with Crippen LogP contribution in [0.25, 0.3) is 0 Å². The Hall–Kier alpha value is -1.63. The van der Waals surface area contributed by atoms with Crippen LogP contribution in [0.4, 0.5) is 18.9 Å². The van der Waals surface area contributed by atoms with Crippen molar-refractivity contribution >= 4 is 28.8 Å². The summed E-state index contributed by atoms with van der Waals surface area (Å²) in [6.45, 7) is 1.37. The highest BCUT2D eigenvalue weighted by Gasteiger charge is 2.47. The largest absolute Gasteiger partial charge is 0.416 e. The van der Waals surface area contributed by atoms with E-state index in [0.717, 1.165) is 12.5 Å². The van der Waals surface area contributed by atoms with Gasteiger partial charge < -0.3 is 11.1 Å². The Morgan fingerprint density at radius 3 is 2.43 bits per heavy atom. The summed E-state index contributed by atoms with van der Waals surface area (Å²) in [5.41, 5.74) is 4.12. The van der Waals surface area contributed by atoms with Crippen LogP contribution in [0.2, 0.25) is 0 Å². The fraction of sp³-hybridized carbons (Fsp3) is 0.429. The van der Waals surface area contributed by atoms with Crippen molar-refractivity contribution in [2.45, 2.75) is 32.4 Å². The standard InChI is InChI=1S/C14H15F3N2OS/c1-8-3-4-9(7-10(8)14(15,16)17)19-12(20)13(11(18)21)5-2-6-13/h3-4,7H,2,5-6H2,1H3,(H2,18,21)(H,19,20). The van der Waals surface area contributed by atoms with E-state index in [1.807, 2.05) is 0 Å². The van der Waals surface area contributed by atoms with Crippen molar-refractivity contribution < 1.29 is 18.0 Å². The van der Waals surface area contributed by atoms with E-state index in [2.05, 4.69) is 5.32 Å².